The maximum absolute atomic E-state index is 8.93. The van der Waals surface area contributed by atoms with E-state index in [0.717, 1.165) is 12.8 Å². The van der Waals surface area contributed by atoms with Gasteiger partial charge in [-0.05, 0) is 19.8 Å². The van der Waals surface area contributed by atoms with E-state index in [1.54, 1.807) is 6.92 Å². The number of aliphatic hydroxyl groups excluding tert-OH is 1. The van der Waals surface area contributed by atoms with Gasteiger partial charge >= 0.3 is 0 Å². The summed E-state index contributed by atoms with van der Waals surface area (Å²) in [5, 5.41) is 17.7. The molecule has 1 saturated carbocycles. The van der Waals surface area contributed by atoms with Crippen molar-refractivity contribution in [3.63, 3.8) is 0 Å². The Morgan fingerprint density at radius 1 is 1.71 bits per heavy atom. The van der Waals surface area contributed by atoms with Crippen LogP contribution in [0, 0.1) is 0 Å². The highest BCUT2D eigenvalue weighted by Gasteiger charge is 2.39. The van der Waals surface area contributed by atoms with Gasteiger partial charge in [-0.3, -0.25) is 0 Å². The Labute approximate surface area is 42.8 Å². The summed E-state index contributed by atoms with van der Waals surface area (Å²) in [6.07, 6.45) is 1.04. The molecule has 42 valence electrons. The van der Waals surface area contributed by atoms with Crippen LogP contribution < -0.4 is 0 Å². The predicted octanol–water partition coefficient (Wildman–Crippen LogP) is -0.108. The van der Waals surface area contributed by atoms with Crippen molar-refractivity contribution >= 4 is 0 Å². The summed E-state index contributed by atoms with van der Waals surface area (Å²) in [5.74, 6) is 0. The molecule has 0 bridgehead atoms. The number of hydrogen-bond donors (Lipinski definition) is 2. The molecule has 7 heavy (non-hydrogen) atoms. The highest BCUT2D eigenvalue weighted by atomic mass is 16.3. The molecule has 1 rings (SSSR count). The molecule has 0 aromatic heterocycles. The van der Waals surface area contributed by atoms with Gasteiger partial charge in [-0.2, -0.15) is 0 Å². The molecule has 1 aliphatic rings. The SMILES string of the molecule is C[C@]1(O)CC[C@H]1O. The summed E-state index contributed by atoms with van der Waals surface area (Å²) >= 11 is 0. The van der Waals surface area contributed by atoms with Gasteiger partial charge in [0.1, 0.15) is 0 Å². The Balaban J connectivity index is 2.43. The van der Waals surface area contributed by atoms with Gasteiger partial charge in [0.15, 0.2) is 0 Å². The third-order valence-electron chi connectivity index (χ3n) is 1.64. The lowest BCUT2D eigenvalue weighted by atomic mass is 9.79. The van der Waals surface area contributed by atoms with E-state index in [4.69, 9.17) is 10.2 Å². The van der Waals surface area contributed by atoms with Crippen LogP contribution in [0.4, 0.5) is 0 Å². The molecule has 0 aliphatic heterocycles. The second-order valence-electron chi connectivity index (χ2n) is 2.41. The lowest BCUT2D eigenvalue weighted by Crippen LogP contribution is -2.48. The van der Waals surface area contributed by atoms with Crippen molar-refractivity contribution in [3.05, 3.63) is 0 Å². The summed E-state index contributed by atoms with van der Waals surface area (Å²) in [7, 11) is 0. The van der Waals surface area contributed by atoms with Crippen molar-refractivity contribution in [2.45, 2.75) is 31.5 Å². The standard InChI is InChI=1S/C5H10O2/c1-5(7)3-2-4(5)6/h4,6-7H,2-3H2,1H3/t4-,5+/m1/s1. The highest BCUT2D eigenvalue weighted by Crippen LogP contribution is 2.30. The fraction of sp³-hybridized carbons (Fsp3) is 1.00. The maximum atomic E-state index is 8.93. The molecule has 2 heteroatoms. The van der Waals surface area contributed by atoms with Crippen LogP contribution in [0.3, 0.4) is 0 Å². The minimum Gasteiger partial charge on any atom is -0.390 e. The van der Waals surface area contributed by atoms with E-state index in [-0.39, 0.29) is 0 Å². The molecule has 0 aromatic carbocycles. The minimum atomic E-state index is -0.764. The Hall–Kier alpha value is -0.0800. The molecule has 2 atom stereocenters. The lowest BCUT2D eigenvalue weighted by molar-refractivity contribution is -0.131. The van der Waals surface area contributed by atoms with Crippen molar-refractivity contribution < 1.29 is 10.2 Å². The van der Waals surface area contributed by atoms with Crippen LogP contribution in [0.25, 0.3) is 0 Å². The quantitative estimate of drug-likeness (QED) is 0.448. The average molecular weight is 102 g/mol. The normalized spacial score (nSPS) is 51.0. The Kier molecular flexibility index (Phi) is 0.869. The molecular formula is C5H10O2. The fourth-order valence-electron chi connectivity index (χ4n) is 0.691. The van der Waals surface area contributed by atoms with Crippen molar-refractivity contribution in [3.8, 4) is 0 Å². The summed E-state index contributed by atoms with van der Waals surface area (Å²) < 4.78 is 0. The molecule has 0 radical (unpaired) electrons. The molecule has 1 aliphatic carbocycles. The minimum absolute atomic E-state index is 0.465. The summed E-state index contributed by atoms with van der Waals surface area (Å²) in [4.78, 5) is 0. The van der Waals surface area contributed by atoms with Crippen LogP contribution in [0.15, 0.2) is 0 Å². The van der Waals surface area contributed by atoms with Gasteiger partial charge in [-0.1, -0.05) is 0 Å². The largest absolute Gasteiger partial charge is 0.390 e. The Bertz CT molecular complexity index is 78.1. The van der Waals surface area contributed by atoms with E-state index >= 15 is 0 Å². The van der Waals surface area contributed by atoms with Crippen molar-refractivity contribution in [1.29, 1.82) is 0 Å². The van der Waals surface area contributed by atoms with Gasteiger partial charge in [-0.15, -0.1) is 0 Å². The number of aliphatic hydroxyl groups is 2. The van der Waals surface area contributed by atoms with E-state index in [1.807, 2.05) is 0 Å². The maximum Gasteiger partial charge on any atom is 0.0878 e. The Morgan fingerprint density at radius 3 is 2.14 bits per heavy atom. The average Bonchev–Trinajstić information content (AvgIpc) is 1.63. The number of rotatable bonds is 0. The van der Waals surface area contributed by atoms with Crippen molar-refractivity contribution in [1.82, 2.24) is 0 Å². The zero-order chi connectivity index (χ0) is 5.49. The fourth-order valence-corrected chi connectivity index (χ4v) is 0.691. The first-order chi connectivity index (χ1) is 3.13. The van der Waals surface area contributed by atoms with Crippen LogP contribution in [0.1, 0.15) is 19.8 Å². The van der Waals surface area contributed by atoms with Crippen LogP contribution >= 0.6 is 0 Å². The predicted molar refractivity (Wildman–Crippen MR) is 25.9 cm³/mol. The van der Waals surface area contributed by atoms with Crippen molar-refractivity contribution in [2.75, 3.05) is 0 Å². The monoisotopic (exact) mass is 102 g/mol. The highest BCUT2D eigenvalue weighted by molar-refractivity contribution is 4.91. The van der Waals surface area contributed by atoms with Crippen LogP contribution in [-0.2, 0) is 0 Å². The molecule has 0 heterocycles. The molecular weight excluding hydrogens is 92.1 g/mol. The van der Waals surface area contributed by atoms with Gasteiger partial charge in [0.05, 0.1) is 11.7 Å². The zero-order valence-electron chi connectivity index (χ0n) is 4.39. The second kappa shape index (κ2) is 1.20. The van der Waals surface area contributed by atoms with E-state index in [1.165, 1.54) is 0 Å². The molecule has 2 N–H and O–H groups in total. The first-order valence-corrected chi connectivity index (χ1v) is 2.53. The van der Waals surface area contributed by atoms with E-state index in [2.05, 4.69) is 0 Å². The van der Waals surface area contributed by atoms with E-state index in [9.17, 15) is 0 Å². The van der Waals surface area contributed by atoms with Crippen molar-refractivity contribution in [2.24, 2.45) is 0 Å². The molecule has 0 spiro atoms. The molecule has 0 amide bonds. The van der Waals surface area contributed by atoms with Gasteiger partial charge < -0.3 is 10.2 Å². The van der Waals surface area contributed by atoms with E-state index in [0.29, 0.717) is 0 Å². The summed E-state index contributed by atoms with van der Waals surface area (Å²) in [6, 6.07) is 0. The Morgan fingerprint density at radius 2 is 2.14 bits per heavy atom. The van der Waals surface area contributed by atoms with Gasteiger partial charge in [-0.25, -0.2) is 0 Å². The first-order valence-electron chi connectivity index (χ1n) is 2.53. The summed E-state index contributed by atoms with van der Waals surface area (Å²) in [5.41, 5.74) is -0.764. The van der Waals surface area contributed by atoms with Crippen LogP contribution in [0.5, 0.6) is 0 Å². The lowest BCUT2D eigenvalue weighted by Gasteiger charge is -2.38. The zero-order valence-corrected chi connectivity index (χ0v) is 4.39. The molecule has 0 unspecified atom stereocenters. The molecule has 1 fully saturated rings. The molecule has 0 aromatic rings. The van der Waals surface area contributed by atoms with E-state index < -0.39 is 11.7 Å². The van der Waals surface area contributed by atoms with Gasteiger partial charge in [0, 0.05) is 0 Å². The van der Waals surface area contributed by atoms with Gasteiger partial charge in [0.25, 0.3) is 0 Å². The summed E-state index contributed by atoms with van der Waals surface area (Å²) in [6.45, 7) is 1.65. The van der Waals surface area contributed by atoms with Crippen LogP contribution in [0.2, 0.25) is 0 Å². The molecule has 2 nitrogen and oxygen atoms in total. The molecule has 0 saturated heterocycles. The van der Waals surface area contributed by atoms with Gasteiger partial charge in [0.2, 0.25) is 0 Å². The third-order valence-corrected chi connectivity index (χ3v) is 1.64. The third kappa shape index (κ3) is 0.640. The first kappa shape index (κ1) is 5.06. The topological polar surface area (TPSA) is 40.5 Å². The number of hydrogen-bond acceptors (Lipinski definition) is 2. The second-order valence-corrected chi connectivity index (χ2v) is 2.41. The van der Waals surface area contributed by atoms with Crippen LogP contribution in [-0.4, -0.2) is 21.9 Å². The smallest absolute Gasteiger partial charge is 0.0878 e.